The van der Waals surface area contributed by atoms with Crippen molar-refractivity contribution >= 4 is 11.7 Å². The van der Waals surface area contributed by atoms with Crippen molar-refractivity contribution in [3.8, 4) is 0 Å². The van der Waals surface area contributed by atoms with Gasteiger partial charge in [-0.2, -0.15) is 0 Å². The third kappa shape index (κ3) is 3.67. The summed E-state index contributed by atoms with van der Waals surface area (Å²) in [6, 6.07) is 5.86. The summed E-state index contributed by atoms with van der Waals surface area (Å²) in [5, 5.41) is 2.90. The third-order valence-electron chi connectivity index (χ3n) is 4.05. The van der Waals surface area contributed by atoms with Crippen LogP contribution in [0.4, 0.5) is 5.82 Å². The van der Waals surface area contributed by atoms with Crippen molar-refractivity contribution in [1.29, 1.82) is 0 Å². The van der Waals surface area contributed by atoms with Gasteiger partial charge in [0.05, 0.1) is 5.56 Å². The molecule has 0 atom stereocenters. The van der Waals surface area contributed by atoms with Gasteiger partial charge in [-0.05, 0) is 30.5 Å². The number of aromatic nitrogens is 2. The Hall–Kier alpha value is -2.30. The van der Waals surface area contributed by atoms with Crippen molar-refractivity contribution in [2.45, 2.75) is 32.2 Å². The molecule has 1 fully saturated rings. The van der Waals surface area contributed by atoms with Crippen LogP contribution in [0, 0.1) is 0 Å². The van der Waals surface area contributed by atoms with Crippen molar-refractivity contribution in [3.63, 3.8) is 0 Å². The van der Waals surface area contributed by atoms with Gasteiger partial charge >= 0.3 is 0 Å². The van der Waals surface area contributed by atoms with Gasteiger partial charge in [0.1, 0.15) is 5.82 Å². The van der Waals surface area contributed by atoms with Gasteiger partial charge in [0.2, 0.25) is 0 Å². The molecule has 2 N–H and O–H groups in total. The zero-order chi connectivity index (χ0) is 15.2. The maximum Gasteiger partial charge on any atom is 0.253 e. The topological polar surface area (TPSA) is 61.0 Å². The van der Waals surface area contributed by atoms with Crippen LogP contribution in [-0.2, 0) is 6.54 Å². The maximum atomic E-state index is 11.9. The van der Waals surface area contributed by atoms with Crippen molar-refractivity contribution in [3.05, 3.63) is 47.9 Å². The molecule has 0 bridgehead atoms. The Balaban J connectivity index is 1.56. The van der Waals surface area contributed by atoms with Crippen LogP contribution in [0.15, 0.2) is 36.8 Å². The third-order valence-corrected chi connectivity index (χ3v) is 4.05. The molecule has 0 unspecified atom stereocenters. The van der Waals surface area contributed by atoms with E-state index in [2.05, 4.69) is 26.3 Å². The number of H-pyrrole nitrogens is 1. The van der Waals surface area contributed by atoms with E-state index in [-0.39, 0.29) is 5.91 Å². The van der Waals surface area contributed by atoms with E-state index < -0.39 is 0 Å². The second-order valence-corrected chi connectivity index (χ2v) is 5.71. The molecule has 116 valence electrons. The first-order valence-electron chi connectivity index (χ1n) is 7.94. The van der Waals surface area contributed by atoms with Crippen molar-refractivity contribution in [1.82, 2.24) is 15.3 Å². The zero-order valence-corrected chi connectivity index (χ0v) is 12.7. The first kappa shape index (κ1) is 14.6. The van der Waals surface area contributed by atoms with Crippen LogP contribution < -0.4 is 10.2 Å². The molecular formula is C17H22N4O. The number of pyridine rings is 1. The molecule has 1 aliphatic heterocycles. The predicted octanol–water partition coefficient (Wildman–Crippen LogP) is 2.72. The molecule has 5 heteroatoms. The number of carbonyl (C=O) groups excluding carboxylic acids is 1. The monoisotopic (exact) mass is 298 g/mol. The normalized spacial score (nSPS) is 15.4. The van der Waals surface area contributed by atoms with E-state index in [1.165, 1.54) is 25.7 Å². The fourth-order valence-corrected chi connectivity index (χ4v) is 2.76. The number of aromatic amines is 1. The number of nitrogens with zero attached hydrogens (tertiary/aromatic N) is 2. The predicted molar refractivity (Wildman–Crippen MR) is 86.9 cm³/mol. The Morgan fingerprint density at radius 3 is 2.64 bits per heavy atom. The lowest BCUT2D eigenvalue weighted by molar-refractivity contribution is 0.0951. The van der Waals surface area contributed by atoms with Gasteiger partial charge in [-0.3, -0.25) is 4.79 Å². The second-order valence-electron chi connectivity index (χ2n) is 5.71. The summed E-state index contributed by atoms with van der Waals surface area (Å²) in [6.07, 6.45) is 10.4. The van der Waals surface area contributed by atoms with E-state index in [9.17, 15) is 4.79 Å². The van der Waals surface area contributed by atoms with E-state index in [1.807, 2.05) is 12.3 Å². The van der Waals surface area contributed by atoms with Crippen LogP contribution >= 0.6 is 0 Å². The zero-order valence-electron chi connectivity index (χ0n) is 12.7. The minimum atomic E-state index is -0.0714. The molecule has 0 saturated carbocycles. The van der Waals surface area contributed by atoms with Crippen LogP contribution in [-0.4, -0.2) is 29.0 Å². The van der Waals surface area contributed by atoms with Gasteiger partial charge in [-0.1, -0.05) is 18.9 Å². The number of anilines is 1. The first-order chi connectivity index (χ1) is 10.8. The number of amides is 1. The lowest BCUT2D eigenvalue weighted by atomic mass is 10.2. The molecular weight excluding hydrogens is 276 g/mol. The Kier molecular flexibility index (Phi) is 4.73. The summed E-state index contributed by atoms with van der Waals surface area (Å²) in [6.45, 7) is 2.68. The average molecular weight is 298 g/mol. The smallest absolute Gasteiger partial charge is 0.253 e. The largest absolute Gasteiger partial charge is 0.367 e. The summed E-state index contributed by atoms with van der Waals surface area (Å²) in [4.78, 5) is 21.7. The standard InChI is InChI=1S/C17H22N4O/c22-17(15-7-8-18-13-15)20-12-14-5-6-16(19-11-14)21-9-3-1-2-4-10-21/h5-8,11,13,18H,1-4,9-10,12H2,(H,20,22). The van der Waals surface area contributed by atoms with Crippen LogP contribution in [0.3, 0.4) is 0 Å². The van der Waals surface area contributed by atoms with E-state index in [0.29, 0.717) is 12.1 Å². The van der Waals surface area contributed by atoms with Gasteiger partial charge in [0.25, 0.3) is 5.91 Å². The van der Waals surface area contributed by atoms with Crippen LogP contribution in [0.25, 0.3) is 0 Å². The molecule has 22 heavy (non-hydrogen) atoms. The fourth-order valence-electron chi connectivity index (χ4n) is 2.76. The quantitative estimate of drug-likeness (QED) is 0.912. The molecule has 0 radical (unpaired) electrons. The molecule has 1 aliphatic rings. The minimum Gasteiger partial charge on any atom is -0.367 e. The van der Waals surface area contributed by atoms with E-state index in [1.54, 1.807) is 18.5 Å². The highest BCUT2D eigenvalue weighted by Gasteiger charge is 2.11. The Morgan fingerprint density at radius 1 is 1.18 bits per heavy atom. The van der Waals surface area contributed by atoms with Crippen LogP contribution in [0.2, 0.25) is 0 Å². The highest BCUT2D eigenvalue weighted by Crippen LogP contribution is 2.17. The van der Waals surface area contributed by atoms with Gasteiger partial charge in [0, 0.05) is 38.2 Å². The average Bonchev–Trinajstić information content (AvgIpc) is 2.96. The molecule has 5 nitrogen and oxygen atoms in total. The first-order valence-corrected chi connectivity index (χ1v) is 7.94. The Morgan fingerprint density at radius 2 is 2.00 bits per heavy atom. The number of carbonyl (C=O) groups is 1. The summed E-state index contributed by atoms with van der Waals surface area (Å²) >= 11 is 0. The molecule has 3 heterocycles. The van der Waals surface area contributed by atoms with E-state index in [0.717, 1.165) is 24.5 Å². The number of hydrogen-bond acceptors (Lipinski definition) is 3. The molecule has 1 saturated heterocycles. The summed E-state index contributed by atoms with van der Waals surface area (Å²) < 4.78 is 0. The van der Waals surface area contributed by atoms with Crippen molar-refractivity contribution < 1.29 is 4.79 Å². The Bertz CT molecular complexity index is 584. The maximum absolute atomic E-state index is 11.9. The number of nitrogens with one attached hydrogen (secondary N) is 2. The Labute approximate surface area is 130 Å². The summed E-state index contributed by atoms with van der Waals surface area (Å²) in [7, 11) is 0. The van der Waals surface area contributed by atoms with Crippen molar-refractivity contribution in [2.24, 2.45) is 0 Å². The summed E-state index contributed by atoms with van der Waals surface area (Å²) in [5.74, 6) is 0.973. The van der Waals surface area contributed by atoms with Crippen molar-refractivity contribution in [2.75, 3.05) is 18.0 Å². The van der Waals surface area contributed by atoms with Gasteiger partial charge in [0.15, 0.2) is 0 Å². The van der Waals surface area contributed by atoms with Crippen LogP contribution in [0.1, 0.15) is 41.6 Å². The fraction of sp³-hybridized carbons (Fsp3) is 0.412. The van der Waals surface area contributed by atoms with Gasteiger partial charge in [-0.25, -0.2) is 4.98 Å². The molecule has 0 aromatic carbocycles. The van der Waals surface area contributed by atoms with E-state index in [4.69, 9.17) is 0 Å². The van der Waals surface area contributed by atoms with E-state index >= 15 is 0 Å². The highest BCUT2D eigenvalue weighted by atomic mass is 16.1. The molecule has 0 aliphatic carbocycles. The molecule has 2 aromatic rings. The molecule has 2 aromatic heterocycles. The summed E-state index contributed by atoms with van der Waals surface area (Å²) in [5.41, 5.74) is 1.66. The lowest BCUT2D eigenvalue weighted by Gasteiger charge is -2.21. The second kappa shape index (κ2) is 7.11. The van der Waals surface area contributed by atoms with Gasteiger partial charge < -0.3 is 15.2 Å². The molecule has 1 amide bonds. The van der Waals surface area contributed by atoms with Gasteiger partial charge in [-0.15, -0.1) is 0 Å². The molecule has 0 spiro atoms. The SMILES string of the molecule is O=C(NCc1ccc(N2CCCCCC2)nc1)c1cc[nH]c1. The highest BCUT2D eigenvalue weighted by molar-refractivity contribution is 5.93. The molecule has 3 rings (SSSR count). The minimum absolute atomic E-state index is 0.0714. The number of hydrogen-bond donors (Lipinski definition) is 2. The number of rotatable bonds is 4. The van der Waals surface area contributed by atoms with Crippen LogP contribution in [0.5, 0.6) is 0 Å². The lowest BCUT2D eigenvalue weighted by Crippen LogP contribution is -2.25.